The number of ketones is 1. The quantitative estimate of drug-likeness (QED) is 0.850. The molecule has 0 saturated carbocycles. The molecule has 1 atom stereocenters. The summed E-state index contributed by atoms with van der Waals surface area (Å²) >= 11 is 0. The van der Waals surface area contributed by atoms with E-state index in [9.17, 15) is 9.90 Å². The van der Waals surface area contributed by atoms with Gasteiger partial charge in [0.1, 0.15) is 5.75 Å². The van der Waals surface area contributed by atoms with E-state index in [0.29, 0.717) is 0 Å². The lowest BCUT2D eigenvalue weighted by atomic mass is 9.80. The molecule has 0 saturated heterocycles. The Kier molecular flexibility index (Phi) is 3.31. The van der Waals surface area contributed by atoms with Crippen LogP contribution in [0.5, 0.6) is 5.75 Å². The molecule has 0 fully saturated rings. The fraction of sp³-hybridized carbons (Fsp3) is 0.278. The van der Waals surface area contributed by atoms with E-state index < -0.39 is 0 Å². The summed E-state index contributed by atoms with van der Waals surface area (Å²) in [4.78, 5) is 12.8. The van der Waals surface area contributed by atoms with E-state index in [1.165, 1.54) is 11.1 Å². The molecule has 0 aliphatic heterocycles. The summed E-state index contributed by atoms with van der Waals surface area (Å²) < 4.78 is 0. The van der Waals surface area contributed by atoms with Gasteiger partial charge in [-0.25, -0.2) is 0 Å². The molecule has 2 heteroatoms. The standard InChI is InChI=1S/C18H18O2/c1-2-15-16-6-4-3-5-12(16)7-8-13-11-14(19)9-10-17(13)18(15)20/h3-6,9-11,15,19H,2,7-8H2,1H3/t15-/m1/s1. The van der Waals surface area contributed by atoms with Crippen molar-refractivity contribution in [3.63, 3.8) is 0 Å². The van der Waals surface area contributed by atoms with Crippen LogP contribution >= 0.6 is 0 Å². The zero-order valence-corrected chi connectivity index (χ0v) is 11.6. The number of aryl methyl sites for hydroxylation is 2. The molecule has 102 valence electrons. The highest BCUT2D eigenvalue weighted by Gasteiger charge is 2.26. The third kappa shape index (κ3) is 2.11. The van der Waals surface area contributed by atoms with E-state index in [4.69, 9.17) is 0 Å². The number of phenolic OH excluding ortho intramolecular Hbond substituents is 1. The number of benzene rings is 2. The van der Waals surface area contributed by atoms with Crippen molar-refractivity contribution < 1.29 is 9.90 Å². The highest BCUT2D eigenvalue weighted by molar-refractivity contribution is 6.02. The summed E-state index contributed by atoms with van der Waals surface area (Å²) in [7, 11) is 0. The van der Waals surface area contributed by atoms with Gasteiger partial charge in [0.05, 0.1) is 0 Å². The molecule has 2 aromatic rings. The van der Waals surface area contributed by atoms with Gasteiger partial charge in [-0.2, -0.15) is 0 Å². The van der Waals surface area contributed by atoms with Crippen molar-refractivity contribution in [1.82, 2.24) is 0 Å². The summed E-state index contributed by atoms with van der Waals surface area (Å²) in [6.45, 7) is 2.06. The van der Waals surface area contributed by atoms with Crippen LogP contribution in [0.4, 0.5) is 0 Å². The van der Waals surface area contributed by atoms with Gasteiger partial charge in [-0.1, -0.05) is 31.2 Å². The normalized spacial score (nSPS) is 17.9. The first-order valence-electron chi connectivity index (χ1n) is 7.14. The molecule has 1 N–H and O–H groups in total. The number of carbonyl (C=O) groups excluding carboxylic acids is 1. The van der Waals surface area contributed by atoms with Crippen LogP contribution in [0.25, 0.3) is 0 Å². The first kappa shape index (κ1) is 12.9. The lowest BCUT2D eigenvalue weighted by Crippen LogP contribution is -2.19. The Morgan fingerprint density at radius 1 is 1.10 bits per heavy atom. The van der Waals surface area contributed by atoms with Gasteiger partial charge in [0, 0.05) is 11.5 Å². The first-order chi connectivity index (χ1) is 9.70. The molecule has 0 heterocycles. The third-order valence-electron chi connectivity index (χ3n) is 4.17. The lowest BCUT2D eigenvalue weighted by molar-refractivity contribution is 0.0955. The van der Waals surface area contributed by atoms with E-state index in [1.807, 2.05) is 12.1 Å². The van der Waals surface area contributed by atoms with E-state index in [-0.39, 0.29) is 17.5 Å². The largest absolute Gasteiger partial charge is 0.508 e. The molecule has 1 aliphatic carbocycles. The summed E-state index contributed by atoms with van der Waals surface area (Å²) in [5.74, 6) is 0.336. The second-order valence-corrected chi connectivity index (χ2v) is 5.37. The van der Waals surface area contributed by atoms with Crippen molar-refractivity contribution in [2.45, 2.75) is 32.1 Å². The average molecular weight is 266 g/mol. The van der Waals surface area contributed by atoms with Crippen LogP contribution in [0.3, 0.4) is 0 Å². The van der Waals surface area contributed by atoms with E-state index in [0.717, 1.165) is 30.4 Å². The van der Waals surface area contributed by atoms with Crippen molar-refractivity contribution in [3.05, 3.63) is 64.7 Å². The minimum absolute atomic E-state index is 0.0743. The molecule has 3 rings (SSSR count). The smallest absolute Gasteiger partial charge is 0.170 e. The Hall–Kier alpha value is -2.09. The first-order valence-corrected chi connectivity index (χ1v) is 7.14. The van der Waals surface area contributed by atoms with Crippen LogP contribution in [0.1, 0.15) is 46.3 Å². The Morgan fingerprint density at radius 3 is 2.65 bits per heavy atom. The second-order valence-electron chi connectivity index (χ2n) is 5.37. The fourth-order valence-electron chi connectivity index (χ4n) is 3.13. The maximum Gasteiger partial charge on any atom is 0.170 e. The minimum atomic E-state index is -0.0743. The van der Waals surface area contributed by atoms with Crippen LogP contribution in [0.15, 0.2) is 42.5 Å². The molecular weight excluding hydrogens is 248 g/mol. The highest BCUT2D eigenvalue weighted by Crippen LogP contribution is 2.32. The molecule has 1 aliphatic rings. The molecule has 0 aromatic heterocycles. The molecule has 2 nitrogen and oxygen atoms in total. The van der Waals surface area contributed by atoms with Gasteiger partial charge in [0.2, 0.25) is 0 Å². The Morgan fingerprint density at radius 2 is 1.85 bits per heavy atom. The highest BCUT2D eigenvalue weighted by atomic mass is 16.3. The maximum atomic E-state index is 12.8. The molecular formula is C18H18O2. The van der Waals surface area contributed by atoms with Crippen molar-refractivity contribution >= 4 is 5.78 Å². The topological polar surface area (TPSA) is 37.3 Å². The summed E-state index contributed by atoms with van der Waals surface area (Å²) in [5, 5.41) is 9.64. The second kappa shape index (κ2) is 5.12. The monoisotopic (exact) mass is 266 g/mol. The zero-order chi connectivity index (χ0) is 14.1. The third-order valence-corrected chi connectivity index (χ3v) is 4.17. The SMILES string of the molecule is CC[C@H]1C(=O)c2ccc(O)cc2CCc2ccccc21. The van der Waals surface area contributed by atoms with Gasteiger partial charge >= 0.3 is 0 Å². The lowest BCUT2D eigenvalue weighted by Gasteiger charge is -2.23. The molecule has 2 aromatic carbocycles. The molecule has 20 heavy (non-hydrogen) atoms. The fourth-order valence-corrected chi connectivity index (χ4v) is 3.13. The summed E-state index contributed by atoms with van der Waals surface area (Å²) in [6.07, 6.45) is 2.51. The predicted molar refractivity (Wildman–Crippen MR) is 79.3 cm³/mol. The number of rotatable bonds is 1. The minimum Gasteiger partial charge on any atom is -0.508 e. The van der Waals surface area contributed by atoms with E-state index in [1.54, 1.807) is 18.2 Å². The zero-order valence-electron chi connectivity index (χ0n) is 11.6. The number of fused-ring (bicyclic) bond motifs is 2. The van der Waals surface area contributed by atoms with Crippen LogP contribution in [0.2, 0.25) is 0 Å². The van der Waals surface area contributed by atoms with Gasteiger partial charge < -0.3 is 5.11 Å². The van der Waals surface area contributed by atoms with Crippen molar-refractivity contribution in [2.24, 2.45) is 0 Å². The van der Waals surface area contributed by atoms with Crippen molar-refractivity contribution in [1.29, 1.82) is 0 Å². The van der Waals surface area contributed by atoms with Crippen LogP contribution < -0.4 is 0 Å². The number of Topliss-reactive ketones (excluding diaryl/α,β-unsaturated/α-hetero) is 1. The summed E-state index contributed by atoms with van der Waals surface area (Å²) in [5.41, 5.74) is 4.15. The van der Waals surface area contributed by atoms with Crippen LogP contribution in [0, 0.1) is 0 Å². The van der Waals surface area contributed by atoms with Gasteiger partial charge in [0.25, 0.3) is 0 Å². The number of hydrogen-bond donors (Lipinski definition) is 1. The van der Waals surface area contributed by atoms with Gasteiger partial charge in [-0.05, 0) is 54.2 Å². The van der Waals surface area contributed by atoms with Gasteiger partial charge in [0.15, 0.2) is 5.78 Å². The van der Waals surface area contributed by atoms with E-state index >= 15 is 0 Å². The molecule has 0 amide bonds. The molecule has 0 bridgehead atoms. The molecule has 0 unspecified atom stereocenters. The molecule has 0 spiro atoms. The van der Waals surface area contributed by atoms with E-state index in [2.05, 4.69) is 19.1 Å². The summed E-state index contributed by atoms with van der Waals surface area (Å²) in [6, 6.07) is 13.3. The van der Waals surface area contributed by atoms with Crippen LogP contribution in [-0.2, 0) is 12.8 Å². The van der Waals surface area contributed by atoms with Crippen LogP contribution in [-0.4, -0.2) is 10.9 Å². The number of aromatic hydroxyl groups is 1. The Bertz CT molecular complexity index is 658. The average Bonchev–Trinajstić information content (AvgIpc) is 2.45. The van der Waals surface area contributed by atoms with Crippen molar-refractivity contribution in [3.8, 4) is 5.75 Å². The number of carbonyl (C=O) groups is 1. The van der Waals surface area contributed by atoms with Gasteiger partial charge in [-0.15, -0.1) is 0 Å². The molecule has 0 radical (unpaired) electrons. The maximum absolute atomic E-state index is 12.8. The number of hydrogen-bond acceptors (Lipinski definition) is 2. The Labute approximate surface area is 119 Å². The van der Waals surface area contributed by atoms with Crippen molar-refractivity contribution in [2.75, 3.05) is 0 Å². The number of phenols is 1. The van der Waals surface area contributed by atoms with Gasteiger partial charge in [-0.3, -0.25) is 4.79 Å². The Balaban J connectivity index is 2.15. The predicted octanol–water partition coefficient (Wildman–Crippen LogP) is 3.87.